The number of likely N-dealkylation sites (N-methyl/N-ethyl adjacent to an activating group) is 1. The molecule has 0 spiro atoms. The van der Waals surface area contributed by atoms with Crippen LogP contribution in [0.3, 0.4) is 0 Å². The van der Waals surface area contributed by atoms with Crippen molar-refractivity contribution in [3.63, 3.8) is 0 Å². The lowest BCUT2D eigenvalue weighted by molar-refractivity contribution is -0.129. The van der Waals surface area contributed by atoms with Crippen LogP contribution in [0.5, 0.6) is 0 Å². The second-order valence-corrected chi connectivity index (χ2v) is 4.82. The van der Waals surface area contributed by atoms with Crippen molar-refractivity contribution >= 4 is 5.91 Å². The summed E-state index contributed by atoms with van der Waals surface area (Å²) in [6.45, 7) is 2.33. The number of carbonyl (C=O) groups excluding carboxylic acids is 1. The first kappa shape index (κ1) is 11.6. The molecule has 0 saturated carbocycles. The SMILES string of the molecule is CN(C(=O)CN1CC[C@@H](N)C1)C1=CCCC1. The summed E-state index contributed by atoms with van der Waals surface area (Å²) in [5, 5.41) is 0. The molecular formula is C12H21N3O. The Labute approximate surface area is 97.1 Å². The predicted molar refractivity (Wildman–Crippen MR) is 63.7 cm³/mol. The van der Waals surface area contributed by atoms with E-state index in [0.29, 0.717) is 6.54 Å². The average molecular weight is 223 g/mol. The predicted octanol–water partition coefficient (Wildman–Crippen LogP) is 0.546. The molecule has 2 rings (SSSR count). The molecule has 0 aromatic heterocycles. The van der Waals surface area contributed by atoms with Gasteiger partial charge in [-0.15, -0.1) is 0 Å². The maximum Gasteiger partial charge on any atom is 0.240 e. The summed E-state index contributed by atoms with van der Waals surface area (Å²) in [7, 11) is 1.88. The Hall–Kier alpha value is -0.870. The third-order valence-corrected chi connectivity index (χ3v) is 3.49. The van der Waals surface area contributed by atoms with Crippen LogP contribution >= 0.6 is 0 Å². The fraction of sp³-hybridized carbons (Fsp3) is 0.750. The highest BCUT2D eigenvalue weighted by molar-refractivity contribution is 5.79. The first-order valence-electron chi connectivity index (χ1n) is 6.10. The lowest BCUT2D eigenvalue weighted by Gasteiger charge is -2.22. The third kappa shape index (κ3) is 2.62. The summed E-state index contributed by atoms with van der Waals surface area (Å²) >= 11 is 0. The van der Waals surface area contributed by atoms with Gasteiger partial charge in [-0.05, 0) is 25.7 Å². The Morgan fingerprint density at radius 2 is 2.50 bits per heavy atom. The highest BCUT2D eigenvalue weighted by Gasteiger charge is 2.23. The number of nitrogens with zero attached hydrogens (tertiary/aromatic N) is 2. The molecule has 1 heterocycles. The Bertz CT molecular complexity index is 301. The lowest BCUT2D eigenvalue weighted by Crippen LogP contribution is -2.37. The minimum atomic E-state index is 0.197. The van der Waals surface area contributed by atoms with Crippen molar-refractivity contribution in [2.75, 3.05) is 26.7 Å². The van der Waals surface area contributed by atoms with E-state index in [1.54, 1.807) is 0 Å². The highest BCUT2D eigenvalue weighted by Crippen LogP contribution is 2.20. The van der Waals surface area contributed by atoms with Gasteiger partial charge in [0.15, 0.2) is 0 Å². The summed E-state index contributed by atoms with van der Waals surface area (Å²) in [5.41, 5.74) is 7.01. The van der Waals surface area contributed by atoms with E-state index >= 15 is 0 Å². The van der Waals surface area contributed by atoms with Crippen LogP contribution in [0, 0.1) is 0 Å². The first-order valence-corrected chi connectivity index (χ1v) is 6.10. The average Bonchev–Trinajstić information content (AvgIpc) is 2.88. The van der Waals surface area contributed by atoms with Crippen molar-refractivity contribution < 1.29 is 4.79 Å². The van der Waals surface area contributed by atoms with Crippen molar-refractivity contribution in [3.8, 4) is 0 Å². The van der Waals surface area contributed by atoms with E-state index in [0.717, 1.165) is 32.4 Å². The second kappa shape index (κ2) is 4.97. The Morgan fingerprint density at radius 1 is 1.69 bits per heavy atom. The molecule has 16 heavy (non-hydrogen) atoms. The molecule has 1 amide bonds. The van der Waals surface area contributed by atoms with E-state index in [1.807, 2.05) is 11.9 Å². The molecule has 0 radical (unpaired) electrons. The summed E-state index contributed by atoms with van der Waals surface area (Å²) in [6.07, 6.45) is 6.53. The van der Waals surface area contributed by atoms with Crippen LogP contribution in [-0.4, -0.2) is 48.4 Å². The number of carbonyl (C=O) groups is 1. The Balaban J connectivity index is 1.83. The van der Waals surface area contributed by atoms with Gasteiger partial charge in [0.25, 0.3) is 0 Å². The van der Waals surface area contributed by atoms with E-state index in [9.17, 15) is 4.79 Å². The molecule has 1 aliphatic carbocycles. The van der Waals surface area contributed by atoms with E-state index in [-0.39, 0.29) is 11.9 Å². The van der Waals surface area contributed by atoms with Crippen molar-refractivity contribution in [2.24, 2.45) is 5.73 Å². The number of rotatable bonds is 3. The lowest BCUT2D eigenvalue weighted by atomic mass is 10.3. The number of hydrogen-bond acceptors (Lipinski definition) is 3. The molecule has 1 fully saturated rings. The molecular weight excluding hydrogens is 202 g/mol. The second-order valence-electron chi connectivity index (χ2n) is 4.82. The highest BCUT2D eigenvalue weighted by atomic mass is 16.2. The molecule has 0 unspecified atom stereocenters. The molecule has 1 aliphatic heterocycles. The number of allylic oxidation sites excluding steroid dienone is 2. The van der Waals surface area contributed by atoms with Gasteiger partial charge < -0.3 is 10.6 Å². The molecule has 4 nitrogen and oxygen atoms in total. The van der Waals surface area contributed by atoms with Crippen LogP contribution in [0.2, 0.25) is 0 Å². The number of nitrogens with two attached hydrogens (primary N) is 1. The summed E-state index contributed by atoms with van der Waals surface area (Å²) < 4.78 is 0. The van der Waals surface area contributed by atoms with Crippen LogP contribution in [-0.2, 0) is 4.79 Å². The largest absolute Gasteiger partial charge is 0.326 e. The van der Waals surface area contributed by atoms with Gasteiger partial charge in [0.1, 0.15) is 0 Å². The van der Waals surface area contributed by atoms with E-state index < -0.39 is 0 Å². The molecule has 4 heteroatoms. The van der Waals surface area contributed by atoms with Crippen molar-refractivity contribution in [2.45, 2.75) is 31.7 Å². The molecule has 1 saturated heterocycles. The van der Waals surface area contributed by atoms with Gasteiger partial charge in [-0.3, -0.25) is 9.69 Å². The monoisotopic (exact) mass is 223 g/mol. The van der Waals surface area contributed by atoms with Crippen LogP contribution in [0.4, 0.5) is 0 Å². The number of amides is 1. The minimum absolute atomic E-state index is 0.197. The van der Waals surface area contributed by atoms with Gasteiger partial charge in [-0.25, -0.2) is 0 Å². The standard InChI is InChI=1S/C12H21N3O/c1-14(11-4-2-3-5-11)12(16)9-15-7-6-10(13)8-15/h4,10H,2-3,5-9,13H2,1H3/t10-/m1/s1. The third-order valence-electron chi connectivity index (χ3n) is 3.49. The normalized spacial score (nSPS) is 25.9. The summed E-state index contributed by atoms with van der Waals surface area (Å²) in [5.74, 6) is 0.197. The summed E-state index contributed by atoms with van der Waals surface area (Å²) in [4.78, 5) is 16.0. The van der Waals surface area contributed by atoms with Crippen LogP contribution in [0.15, 0.2) is 11.8 Å². The first-order chi connectivity index (χ1) is 7.66. The summed E-state index contributed by atoms with van der Waals surface area (Å²) in [6, 6.07) is 0.254. The molecule has 0 aromatic rings. The minimum Gasteiger partial charge on any atom is -0.326 e. The Morgan fingerprint density at radius 3 is 3.06 bits per heavy atom. The van der Waals surface area contributed by atoms with Gasteiger partial charge in [0.05, 0.1) is 6.54 Å². The van der Waals surface area contributed by atoms with Crippen LogP contribution < -0.4 is 5.73 Å². The van der Waals surface area contributed by atoms with Crippen LogP contribution in [0.1, 0.15) is 25.7 Å². The van der Waals surface area contributed by atoms with E-state index in [2.05, 4.69) is 11.0 Å². The van der Waals surface area contributed by atoms with Crippen molar-refractivity contribution in [1.82, 2.24) is 9.80 Å². The molecule has 2 N–H and O–H groups in total. The molecule has 1 atom stereocenters. The molecule has 90 valence electrons. The van der Waals surface area contributed by atoms with Crippen molar-refractivity contribution in [3.05, 3.63) is 11.8 Å². The van der Waals surface area contributed by atoms with E-state index in [4.69, 9.17) is 5.73 Å². The zero-order valence-electron chi connectivity index (χ0n) is 9.98. The fourth-order valence-corrected chi connectivity index (χ4v) is 2.42. The zero-order chi connectivity index (χ0) is 11.5. The van der Waals surface area contributed by atoms with Gasteiger partial charge in [0.2, 0.25) is 5.91 Å². The maximum atomic E-state index is 12.0. The van der Waals surface area contributed by atoms with Crippen molar-refractivity contribution in [1.29, 1.82) is 0 Å². The molecule has 0 aromatic carbocycles. The number of hydrogen-bond donors (Lipinski definition) is 1. The van der Waals surface area contributed by atoms with E-state index in [1.165, 1.54) is 12.1 Å². The molecule has 2 aliphatic rings. The van der Waals surface area contributed by atoms with Gasteiger partial charge in [-0.1, -0.05) is 6.08 Å². The van der Waals surface area contributed by atoms with Crippen LogP contribution in [0.25, 0.3) is 0 Å². The van der Waals surface area contributed by atoms with Gasteiger partial charge >= 0.3 is 0 Å². The smallest absolute Gasteiger partial charge is 0.240 e. The topological polar surface area (TPSA) is 49.6 Å². The Kier molecular flexibility index (Phi) is 3.61. The van der Waals surface area contributed by atoms with Gasteiger partial charge in [-0.2, -0.15) is 0 Å². The fourth-order valence-electron chi connectivity index (χ4n) is 2.42. The zero-order valence-corrected chi connectivity index (χ0v) is 9.98. The molecule has 0 bridgehead atoms. The quantitative estimate of drug-likeness (QED) is 0.760. The van der Waals surface area contributed by atoms with Gasteiger partial charge in [0, 0.05) is 31.9 Å². The maximum absolute atomic E-state index is 12.0. The number of likely N-dealkylation sites (tertiary alicyclic amines) is 1.